The van der Waals surface area contributed by atoms with Crippen molar-refractivity contribution in [3.05, 3.63) is 33.8 Å². The van der Waals surface area contributed by atoms with E-state index < -0.39 is 0 Å². The second-order valence-electron chi connectivity index (χ2n) is 5.47. The van der Waals surface area contributed by atoms with Crippen LogP contribution < -0.4 is 5.32 Å². The van der Waals surface area contributed by atoms with Crippen LogP contribution >= 0.6 is 23.2 Å². The summed E-state index contributed by atoms with van der Waals surface area (Å²) >= 11 is 12.0. The van der Waals surface area contributed by atoms with Gasteiger partial charge in [-0.15, -0.1) is 0 Å². The van der Waals surface area contributed by atoms with Crippen LogP contribution in [0.25, 0.3) is 0 Å². The van der Waals surface area contributed by atoms with Crippen molar-refractivity contribution in [3.63, 3.8) is 0 Å². The van der Waals surface area contributed by atoms with Crippen molar-refractivity contribution >= 4 is 35.1 Å². The van der Waals surface area contributed by atoms with E-state index in [-0.39, 0.29) is 24.5 Å². The second-order valence-corrected chi connectivity index (χ2v) is 6.29. The Labute approximate surface area is 140 Å². The molecule has 5 nitrogen and oxygen atoms in total. The number of urea groups is 1. The van der Waals surface area contributed by atoms with Gasteiger partial charge in [-0.2, -0.15) is 0 Å². The van der Waals surface area contributed by atoms with Crippen molar-refractivity contribution in [1.29, 1.82) is 0 Å². The monoisotopic (exact) mass is 343 g/mol. The average Bonchev–Trinajstić information content (AvgIpc) is 2.96. The van der Waals surface area contributed by atoms with Gasteiger partial charge in [-0.1, -0.05) is 29.3 Å². The van der Waals surface area contributed by atoms with Crippen LogP contribution in [-0.2, 0) is 4.79 Å². The number of halogens is 2. The standard InChI is InChI=1S/C15H19Cl2N3O2/c1-19(2)14(21)9-18-15(22)20-7-3-4-13(20)10-5-6-11(16)12(17)8-10/h5-6,8,13H,3-4,7,9H2,1-2H3,(H,18,22)/t13-/m0/s1. The zero-order chi connectivity index (χ0) is 16.3. The highest BCUT2D eigenvalue weighted by Gasteiger charge is 2.30. The smallest absolute Gasteiger partial charge is 0.318 e. The first-order chi connectivity index (χ1) is 10.4. The molecule has 1 N–H and O–H groups in total. The number of nitrogens with one attached hydrogen (secondary N) is 1. The maximum Gasteiger partial charge on any atom is 0.318 e. The van der Waals surface area contributed by atoms with E-state index >= 15 is 0 Å². The highest BCUT2D eigenvalue weighted by Crippen LogP contribution is 2.34. The third-order valence-electron chi connectivity index (χ3n) is 3.73. The number of benzene rings is 1. The average molecular weight is 344 g/mol. The van der Waals surface area contributed by atoms with E-state index in [1.165, 1.54) is 4.90 Å². The number of likely N-dealkylation sites (tertiary alicyclic amines) is 1. The molecule has 1 atom stereocenters. The topological polar surface area (TPSA) is 52.7 Å². The lowest BCUT2D eigenvalue weighted by atomic mass is 10.0. The van der Waals surface area contributed by atoms with E-state index in [4.69, 9.17) is 23.2 Å². The first kappa shape index (κ1) is 16.9. The molecule has 22 heavy (non-hydrogen) atoms. The summed E-state index contributed by atoms with van der Waals surface area (Å²) < 4.78 is 0. The normalized spacial score (nSPS) is 17.5. The van der Waals surface area contributed by atoms with Crippen molar-refractivity contribution in [2.24, 2.45) is 0 Å². The number of hydrogen-bond acceptors (Lipinski definition) is 2. The van der Waals surface area contributed by atoms with E-state index in [0.717, 1.165) is 18.4 Å². The van der Waals surface area contributed by atoms with Gasteiger partial charge < -0.3 is 15.1 Å². The summed E-state index contributed by atoms with van der Waals surface area (Å²) in [6.07, 6.45) is 1.78. The van der Waals surface area contributed by atoms with Gasteiger partial charge in [0.15, 0.2) is 0 Å². The van der Waals surface area contributed by atoms with Crippen LogP contribution in [0.3, 0.4) is 0 Å². The molecule has 0 aliphatic carbocycles. The van der Waals surface area contributed by atoms with Gasteiger partial charge in [-0.25, -0.2) is 4.79 Å². The molecule has 1 aliphatic rings. The van der Waals surface area contributed by atoms with Gasteiger partial charge in [0.25, 0.3) is 0 Å². The third kappa shape index (κ3) is 3.84. The molecule has 1 saturated heterocycles. The maximum atomic E-state index is 12.3. The molecule has 1 aliphatic heterocycles. The van der Waals surface area contributed by atoms with Crippen molar-refractivity contribution < 1.29 is 9.59 Å². The minimum atomic E-state index is -0.233. The van der Waals surface area contributed by atoms with E-state index in [1.807, 2.05) is 6.07 Å². The Morgan fingerprint density at radius 3 is 2.68 bits per heavy atom. The molecule has 120 valence electrons. The van der Waals surface area contributed by atoms with Gasteiger partial charge in [0.05, 0.1) is 22.6 Å². The molecule has 0 aromatic heterocycles. The summed E-state index contributed by atoms with van der Waals surface area (Å²) in [7, 11) is 3.31. The zero-order valence-electron chi connectivity index (χ0n) is 12.6. The molecule has 1 fully saturated rings. The van der Waals surface area contributed by atoms with Crippen LogP contribution in [0.4, 0.5) is 4.79 Å². The number of likely N-dealkylation sites (N-methyl/N-ethyl adjacent to an activating group) is 1. The molecule has 1 heterocycles. The lowest BCUT2D eigenvalue weighted by Gasteiger charge is -2.25. The number of carbonyl (C=O) groups excluding carboxylic acids is 2. The van der Waals surface area contributed by atoms with Gasteiger partial charge >= 0.3 is 6.03 Å². The summed E-state index contributed by atoms with van der Waals surface area (Å²) in [6.45, 7) is 0.656. The van der Waals surface area contributed by atoms with Crippen LogP contribution in [0, 0.1) is 0 Å². The fourth-order valence-electron chi connectivity index (χ4n) is 2.49. The Morgan fingerprint density at radius 2 is 2.05 bits per heavy atom. The summed E-state index contributed by atoms with van der Waals surface area (Å²) in [5, 5.41) is 3.65. The Bertz CT molecular complexity index is 578. The predicted octanol–water partition coefficient (Wildman–Crippen LogP) is 2.93. The fourth-order valence-corrected chi connectivity index (χ4v) is 2.79. The van der Waals surface area contributed by atoms with Crippen molar-refractivity contribution in [1.82, 2.24) is 15.1 Å². The number of nitrogens with zero attached hydrogens (tertiary/aromatic N) is 2. The maximum absolute atomic E-state index is 12.3. The lowest BCUT2D eigenvalue weighted by Crippen LogP contribution is -2.43. The molecule has 3 amide bonds. The van der Waals surface area contributed by atoms with Gasteiger partial charge in [-0.3, -0.25) is 4.79 Å². The summed E-state index contributed by atoms with van der Waals surface area (Å²) in [4.78, 5) is 27.0. The largest absolute Gasteiger partial charge is 0.347 e. The number of hydrogen-bond donors (Lipinski definition) is 1. The van der Waals surface area contributed by atoms with Gasteiger partial charge in [0, 0.05) is 20.6 Å². The van der Waals surface area contributed by atoms with Crippen LogP contribution in [-0.4, -0.2) is 48.9 Å². The predicted molar refractivity (Wildman–Crippen MR) is 87.2 cm³/mol. The van der Waals surface area contributed by atoms with E-state index in [0.29, 0.717) is 16.6 Å². The van der Waals surface area contributed by atoms with Gasteiger partial charge in [-0.05, 0) is 30.5 Å². The quantitative estimate of drug-likeness (QED) is 0.917. The minimum Gasteiger partial charge on any atom is -0.347 e. The molecule has 2 rings (SSSR count). The van der Waals surface area contributed by atoms with E-state index in [9.17, 15) is 9.59 Å². The summed E-state index contributed by atoms with van der Waals surface area (Å²) in [6, 6.07) is 5.15. The summed E-state index contributed by atoms with van der Waals surface area (Å²) in [5.41, 5.74) is 0.959. The molecule has 1 aromatic rings. The highest BCUT2D eigenvalue weighted by atomic mass is 35.5. The molecular formula is C15H19Cl2N3O2. The van der Waals surface area contributed by atoms with Crippen molar-refractivity contribution in [2.75, 3.05) is 27.2 Å². The first-order valence-corrected chi connectivity index (χ1v) is 7.85. The van der Waals surface area contributed by atoms with Crippen molar-refractivity contribution in [2.45, 2.75) is 18.9 Å². The lowest BCUT2D eigenvalue weighted by molar-refractivity contribution is -0.127. The molecule has 0 saturated carbocycles. The Hall–Kier alpha value is -1.46. The Morgan fingerprint density at radius 1 is 1.32 bits per heavy atom. The SMILES string of the molecule is CN(C)C(=O)CNC(=O)N1CCC[C@H]1c1ccc(Cl)c(Cl)c1. The molecule has 0 spiro atoms. The number of carbonyl (C=O) groups is 2. The van der Waals surface area contributed by atoms with E-state index in [2.05, 4.69) is 5.32 Å². The highest BCUT2D eigenvalue weighted by molar-refractivity contribution is 6.42. The molecule has 7 heteroatoms. The summed E-state index contributed by atoms with van der Waals surface area (Å²) in [5.74, 6) is -0.140. The molecule has 1 aromatic carbocycles. The second kappa shape index (κ2) is 7.20. The Balaban J connectivity index is 2.05. The number of rotatable bonds is 3. The third-order valence-corrected chi connectivity index (χ3v) is 4.47. The molecule has 0 radical (unpaired) electrons. The van der Waals surface area contributed by atoms with Crippen LogP contribution in [0.5, 0.6) is 0 Å². The van der Waals surface area contributed by atoms with E-state index in [1.54, 1.807) is 31.1 Å². The van der Waals surface area contributed by atoms with Gasteiger partial charge in [0.2, 0.25) is 5.91 Å². The molecule has 0 bridgehead atoms. The van der Waals surface area contributed by atoms with Crippen LogP contribution in [0.1, 0.15) is 24.4 Å². The number of amides is 3. The van der Waals surface area contributed by atoms with Crippen molar-refractivity contribution in [3.8, 4) is 0 Å². The van der Waals surface area contributed by atoms with Crippen LogP contribution in [0.15, 0.2) is 18.2 Å². The zero-order valence-corrected chi connectivity index (χ0v) is 14.1. The molecular weight excluding hydrogens is 325 g/mol. The van der Waals surface area contributed by atoms with Gasteiger partial charge in [0.1, 0.15) is 0 Å². The first-order valence-electron chi connectivity index (χ1n) is 7.09. The molecule has 0 unspecified atom stereocenters. The minimum absolute atomic E-state index is 0.00354. The Kier molecular flexibility index (Phi) is 5.53. The van der Waals surface area contributed by atoms with Crippen LogP contribution in [0.2, 0.25) is 10.0 Å². The fraction of sp³-hybridized carbons (Fsp3) is 0.467.